The first-order valence-corrected chi connectivity index (χ1v) is 8.63. The van der Waals surface area contributed by atoms with Gasteiger partial charge in [-0.1, -0.05) is 18.2 Å². The Kier molecular flexibility index (Phi) is 5.01. The number of aryl methyl sites for hydroxylation is 2. The topological polar surface area (TPSA) is 65.1 Å². The van der Waals surface area contributed by atoms with E-state index in [9.17, 15) is 4.79 Å². The summed E-state index contributed by atoms with van der Waals surface area (Å²) in [5.41, 5.74) is 3.62. The molecule has 2 aromatic rings. The summed E-state index contributed by atoms with van der Waals surface area (Å²) in [6.07, 6.45) is 7.33. The molecule has 4 heteroatoms. The molecule has 0 bridgehead atoms. The minimum atomic E-state index is 0.138. The average Bonchev–Trinajstić information content (AvgIpc) is 2.98. The number of nitrogens with one attached hydrogen (secondary N) is 2. The number of fused-ring (bicyclic) bond motifs is 1. The molecule has 0 atom stereocenters. The minimum Gasteiger partial charge on any atom is -0.396 e. The first kappa shape index (κ1) is 16.1. The van der Waals surface area contributed by atoms with Gasteiger partial charge in [0.1, 0.15) is 0 Å². The minimum absolute atomic E-state index is 0.138. The number of aliphatic hydroxyl groups is 1. The van der Waals surface area contributed by atoms with Crippen molar-refractivity contribution < 1.29 is 9.90 Å². The summed E-state index contributed by atoms with van der Waals surface area (Å²) in [5, 5.41) is 13.5. The Hall–Kier alpha value is -1.81. The number of rotatable bonds is 5. The SMILES string of the molecule is Cc1cccc2c(CCC(=O)NC3CCC(CO)CC3)c[nH]c12. The summed E-state index contributed by atoms with van der Waals surface area (Å²) in [4.78, 5) is 15.5. The number of H-pyrrole nitrogens is 1. The van der Waals surface area contributed by atoms with Crippen LogP contribution < -0.4 is 5.32 Å². The Morgan fingerprint density at radius 2 is 2.09 bits per heavy atom. The van der Waals surface area contributed by atoms with E-state index in [0.717, 1.165) is 32.1 Å². The zero-order chi connectivity index (χ0) is 16.2. The number of aromatic nitrogens is 1. The highest BCUT2D eigenvalue weighted by atomic mass is 16.3. The number of carbonyl (C=O) groups is 1. The van der Waals surface area contributed by atoms with Crippen molar-refractivity contribution >= 4 is 16.8 Å². The lowest BCUT2D eigenvalue weighted by Crippen LogP contribution is -2.38. The van der Waals surface area contributed by atoms with Gasteiger partial charge in [0.05, 0.1) is 0 Å². The van der Waals surface area contributed by atoms with Crippen LogP contribution in [0.2, 0.25) is 0 Å². The number of benzene rings is 1. The van der Waals surface area contributed by atoms with E-state index in [2.05, 4.69) is 35.4 Å². The maximum atomic E-state index is 12.2. The predicted molar refractivity (Wildman–Crippen MR) is 92.3 cm³/mol. The van der Waals surface area contributed by atoms with Gasteiger partial charge in [-0.15, -0.1) is 0 Å². The quantitative estimate of drug-likeness (QED) is 0.794. The summed E-state index contributed by atoms with van der Waals surface area (Å²) >= 11 is 0. The van der Waals surface area contributed by atoms with Crippen LogP contribution in [0.1, 0.15) is 43.2 Å². The molecule has 1 fully saturated rings. The van der Waals surface area contributed by atoms with Crippen LogP contribution in [-0.2, 0) is 11.2 Å². The zero-order valence-corrected chi connectivity index (χ0v) is 13.8. The molecule has 0 spiro atoms. The van der Waals surface area contributed by atoms with Crippen molar-refractivity contribution in [1.29, 1.82) is 0 Å². The fourth-order valence-corrected chi connectivity index (χ4v) is 3.61. The van der Waals surface area contributed by atoms with E-state index in [1.54, 1.807) is 0 Å². The number of aliphatic hydroxyl groups excluding tert-OH is 1. The highest BCUT2D eigenvalue weighted by Crippen LogP contribution is 2.24. The normalized spacial score (nSPS) is 21.5. The molecule has 1 aromatic heterocycles. The molecule has 1 heterocycles. The van der Waals surface area contributed by atoms with Gasteiger partial charge in [0.15, 0.2) is 0 Å². The van der Waals surface area contributed by atoms with E-state index in [-0.39, 0.29) is 18.6 Å². The fourth-order valence-electron chi connectivity index (χ4n) is 3.61. The molecular formula is C19H26N2O2. The average molecular weight is 314 g/mol. The molecular weight excluding hydrogens is 288 g/mol. The number of carbonyl (C=O) groups excluding carboxylic acids is 1. The van der Waals surface area contributed by atoms with Crippen LogP contribution >= 0.6 is 0 Å². The highest BCUT2D eigenvalue weighted by molar-refractivity contribution is 5.86. The second kappa shape index (κ2) is 7.18. The number of para-hydroxylation sites is 1. The van der Waals surface area contributed by atoms with E-state index >= 15 is 0 Å². The van der Waals surface area contributed by atoms with Gasteiger partial charge < -0.3 is 15.4 Å². The third-order valence-electron chi connectivity index (χ3n) is 5.10. The van der Waals surface area contributed by atoms with Crippen LogP contribution in [0, 0.1) is 12.8 Å². The van der Waals surface area contributed by atoms with Crippen molar-refractivity contribution in [3.05, 3.63) is 35.5 Å². The molecule has 1 amide bonds. The van der Waals surface area contributed by atoms with Crippen LogP contribution in [0.15, 0.2) is 24.4 Å². The van der Waals surface area contributed by atoms with Crippen molar-refractivity contribution in [2.75, 3.05) is 6.61 Å². The van der Waals surface area contributed by atoms with Gasteiger partial charge in [-0.25, -0.2) is 0 Å². The summed E-state index contributed by atoms with van der Waals surface area (Å²) < 4.78 is 0. The molecule has 1 saturated carbocycles. The van der Waals surface area contributed by atoms with Crippen molar-refractivity contribution in [1.82, 2.24) is 10.3 Å². The second-order valence-electron chi connectivity index (χ2n) is 6.78. The third-order valence-corrected chi connectivity index (χ3v) is 5.10. The first-order chi connectivity index (χ1) is 11.2. The summed E-state index contributed by atoms with van der Waals surface area (Å²) in [5.74, 6) is 0.567. The van der Waals surface area contributed by atoms with Crippen molar-refractivity contribution in [3.63, 3.8) is 0 Å². The molecule has 124 valence electrons. The molecule has 1 aromatic carbocycles. The molecule has 3 rings (SSSR count). The van der Waals surface area contributed by atoms with Crippen LogP contribution in [0.25, 0.3) is 10.9 Å². The van der Waals surface area contributed by atoms with Crippen LogP contribution in [0.3, 0.4) is 0 Å². The predicted octanol–water partition coefficient (Wildman–Crippen LogP) is 3.08. The molecule has 1 aliphatic rings. The van der Waals surface area contributed by atoms with Crippen LogP contribution in [-0.4, -0.2) is 28.6 Å². The monoisotopic (exact) mass is 314 g/mol. The Morgan fingerprint density at radius 1 is 1.30 bits per heavy atom. The Morgan fingerprint density at radius 3 is 2.83 bits per heavy atom. The van der Waals surface area contributed by atoms with Crippen LogP contribution in [0.4, 0.5) is 0 Å². The van der Waals surface area contributed by atoms with E-state index < -0.39 is 0 Å². The molecule has 0 radical (unpaired) electrons. The van der Waals surface area contributed by atoms with E-state index in [1.165, 1.54) is 22.0 Å². The van der Waals surface area contributed by atoms with Gasteiger partial charge in [0.2, 0.25) is 5.91 Å². The fraction of sp³-hybridized carbons (Fsp3) is 0.526. The zero-order valence-electron chi connectivity index (χ0n) is 13.8. The lowest BCUT2D eigenvalue weighted by molar-refractivity contribution is -0.122. The van der Waals surface area contributed by atoms with Gasteiger partial charge in [-0.2, -0.15) is 0 Å². The van der Waals surface area contributed by atoms with Crippen molar-refractivity contribution in [2.24, 2.45) is 5.92 Å². The maximum Gasteiger partial charge on any atom is 0.220 e. The smallest absolute Gasteiger partial charge is 0.220 e. The molecule has 0 aliphatic heterocycles. The lowest BCUT2D eigenvalue weighted by atomic mass is 9.86. The Labute approximate surface area is 137 Å². The van der Waals surface area contributed by atoms with Gasteiger partial charge in [-0.05, 0) is 56.1 Å². The standard InChI is InChI=1S/C19H26N2O2/c1-13-3-2-4-17-15(11-20-19(13)17)7-10-18(23)21-16-8-5-14(12-22)6-9-16/h2-4,11,14,16,20,22H,5-10,12H2,1H3,(H,21,23). The van der Waals surface area contributed by atoms with E-state index in [4.69, 9.17) is 5.11 Å². The first-order valence-electron chi connectivity index (χ1n) is 8.63. The van der Waals surface area contributed by atoms with Gasteiger partial charge >= 0.3 is 0 Å². The van der Waals surface area contributed by atoms with Gasteiger partial charge in [0.25, 0.3) is 0 Å². The third kappa shape index (κ3) is 3.75. The summed E-state index contributed by atoms with van der Waals surface area (Å²) in [6, 6.07) is 6.56. The van der Waals surface area contributed by atoms with Crippen LogP contribution in [0.5, 0.6) is 0 Å². The Bertz CT molecular complexity index is 669. The molecule has 0 unspecified atom stereocenters. The number of hydrogen-bond donors (Lipinski definition) is 3. The Balaban J connectivity index is 1.52. The summed E-state index contributed by atoms with van der Waals surface area (Å²) in [6.45, 7) is 2.37. The molecule has 3 N–H and O–H groups in total. The van der Waals surface area contributed by atoms with Gasteiger partial charge in [-0.3, -0.25) is 4.79 Å². The van der Waals surface area contributed by atoms with Crippen molar-refractivity contribution in [2.45, 2.75) is 51.5 Å². The second-order valence-corrected chi connectivity index (χ2v) is 6.78. The largest absolute Gasteiger partial charge is 0.396 e. The number of aromatic amines is 1. The van der Waals surface area contributed by atoms with E-state index in [1.807, 2.05) is 6.20 Å². The lowest BCUT2D eigenvalue weighted by Gasteiger charge is -2.27. The van der Waals surface area contributed by atoms with Crippen molar-refractivity contribution in [3.8, 4) is 0 Å². The van der Waals surface area contributed by atoms with Gasteiger partial charge in [0, 0.05) is 36.2 Å². The molecule has 1 aliphatic carbocycles. The number of amides is 1. The maximum absolute atomic E-state index is 12.2. The highest BCUT2D eigenvalue weighted by Gasteiger charge is 2.21. The summed E-state index contributed by atoms with van der Waals surface area (Å²) in [7, 11) is 0. The van der Waals surface area contributed by atoms with E-state index in [0.29, 0.717) is 12.3 Å². The molecule has 23 heavy (non-hydrogen) atoms. The molecule has 0 saturated heterocycles. The molecule has 4 nitrogen and oxygen atoms in total. The number of hydrogen-bond acceptors (Lipinski definition) is 2.